The molecule has 0 spiro atoms. The molecule has 4 radical (unpaired) electrons. The number of hydrogen-bond acceptors (Lipinski definition) is 1. The molecule has 1 heterocycles. The van der Waals surface area contributed by atoms with Crippen LogP contribution in [0.3, 0.4) is 0 Å². The Morgan fingerprint density at radius 2 is 1.61 bits per heavy atom. The standard InChI is InChI=1S/C13H14N.C5H8.C4H10N.2CH3.Si.Ti/c1-2-6-12-11(5-1)7-8-13(12)14-9-3-4-10-14;1-3-5-4-2;1-4(2,3)5;;;;/h1-2,5-8H,3-4,9-10H2;3-5H,1H2,2H3;5H,1-3H3;2*1H3;;/q-1;;3*-1;;+4. The minimum Gasteiger partial charge on any atom is -0.673 e. The molecule has 1 fully saturated rings. The van der Waals surface area contributed by atoms with Crippen molar-refractivity contribution in [1.29, 1.82) is 0 Å². The van der Waals surface area contributed by atoms with Gasteiger partial charge in [-0.1, -0.05) is 57.3 Å². The Balaban J connectivity index is -0.000000179. The Morgan fingerprint density at radius 3 is 2.04 bits per heavy atom. The van der Waals surface area contributed by atoms with E-state index in [1.54, 1.807) is 6.08 Å². The summed E-state index contributed by atoms with van der Waals surface area (Å²) in [6.45, 7) is 13.4. The van der Waals surface area contributed by atoms with Crippen LogP contribution in [0.2, 0.25) is 0 Å². The quantitative estimate of drug-likeness (QED) is 0.280. The van der Waals surface area contributed by atoms with Gasteiger partial charge in [0.15, 0.2) is 0 Å². The van der Waals surface area contributed by atoms with Crippen molar-refractivity contribution in [3.05, 3.63) is 81.8 Å². The van der Waals surface area contributed by atoms with Crippen LogP contribution in [0.4, 0.5) is 5.69 Å². The van der Waals surface area contributed by atoms with Crippen molar-refractivity contribution >= 4 is 27.4 Å². The normalized spacial score (nSPS) is 12.1. The molecular formula is C24H38N2SiTi. The van der Waals surface area contributed by atoms with Gasteiger partial charge in [-0.2, -0.15) is 0 Å². The average Bonchev–Trinajstić information content (AvgIpc) is 3.16. The zero-order valence-electron chi connectivity index (χ0n) is 18.7. The van der Waals surface area contributed by atoms with Gasteiger partial charge in [0.25, 0.3) is 0 Å². The molecule has 152 valence electrons. The third-order valence-corrected chi connectivity index (χ3v) is 3.43. The summed E-state index contributed by atoms with van der Waals surface area (Å²) in [5.41, 5.74) is 8.12. The second kappa shape index (κ2) is 18.1. The first-order valence-corrected chi connectivity index (χ1v) is 8.75. The van der Waals surface area contributed by atoms with Crippen molar-refractivity contribution in [2.24, 2.45) is 0 Å². The molecule has 0 saturated carbocycles. The predicted octanol–water partition coefficient (Wildman–Crippen LogP) is 7.26. The number of anilines is 1. The fourth-order valence-corrected chi connectivity index (χ4v) is 2.50. The number of nitrogens with zero attached hydrogens (tertiary/aromatic N) is 1. The molecule has 0 aromatic heterocycles. The molecule has 3 rings (SSSR count). The van der Waals surface area contributed by atoms with E-state index in [2.05, 4.69) is 47.9 Å². The smallest absolute Gasteiger partial charge is 0.673 e. The van der Waals surface area contributed by atoms with Gasteiger partial charge in [-0.05, 0) is 19.8 Å². The number of nitrogens with one attached hydrogen (secondary N) is 1. The third-order valence-electron chi connectivity index (χ3n) is 3.43. The zero-order valence-corrected chi connectivity index (χ0v) is 21.2. The summed E-state index contributed by atoms with van der Waals surface area (Å²) < 4.78 is 0. The van der Waals surface area contributed by atoms with Gasteiger partial charge in [0, 0.05) is 24.1 Å². The Labute approximate surface area is 194 Å². The van der Waals surface area contributed by atoms with Crippen LogP contribution >= 0.6 is 0 Å². The topological polar surface area (TPSA) is 27.0 Å². The van der Waals surface area contributed by atoms with Gasteiger partial charge in [0.2, 0.25) is 0 Å². The molecule has 0 atom stereocenters. The number of hydrogen-bond donors (Lipinski definition) is 0. The van der Waals surface area contributed by atoms with Crippen molar-refractivity contribution in [1.82, 2.24) is 0 Å². The molecule has 0 amide bonds. The van der Waals surface area contributed by atoms with Crippen molar-refractivity contribution in [3.8, 4) is 0 Å². The first-order chi connectivity index (χ1) is 11.4. The maximum absolute atomic E-state index is 6.94. The minimum atomic E-state index is -0.250. The van der Waals surface area contributed by atoms with E-state index < -0.39 is 0 Å². The largest absolute Gasteiger partial charge is 4.00 e. The van der Waals surface area contributed by atoms with E-state index in [0.717, 1.165) is 0 Å². The van der Waals surface area contributed by atoms with Crippen LogP contribution in [0.1, 0.15) is 40.5 Å². The van der Waals surface area contributed by atoms with Gasteiger partial charge in [-0.15, -0.1) is 46.6 Å². The molecule has 1 aliphatic heterocycles. The summed E-state index contributed by atoms with van der Waals surface area (Å²) in [4.78, 5) is 2.50. The Kier molecular flexibility index (Phi) is 22.3. The summed E-state index contributed by atoms with van der Waals surface area (Å²) in [6.07, 6.45) is 8.27. The van der Waals surface area contributed by atoms with Crippen molar-refractivity contribution in [2.75, 3.05) is 18.0 Å². The summed E-state index contributed by atoms with van der Waals surface area (Å²) in [5.74, 6) is 0. The van der Waals surface area contributed by atoms with Gasteiger partial charge >= 0.3 is 21.7 Å². The molecule has 1 N–H and O–H groups in total. The van der Waals surface area contributed by atoms with Crippen LogP contribution < -0.4 is 4.90 Å². The summed E-state index contributed by atoms with van der Waals surface area (Å²) in [5, 5.41) is 2.78. The molecular weight excluding hydrogens is 392 g/mol. The van der Waals surface area contributed by atoms with Crippen molar-refractivity contribution in [2.45, 2.75) is 46.1 Å². The van der Waals surface area contributed by atoms with E-state index in [9.17, 15) is 0 Å². The molecule has 1 saturated heterocycles. The number of rotatable bonds is 2. The summed E-state index contributed by atoms with van der Waals surface area (Å²) in [7, 11) is 0. The fraction of sp³-hybridized carbons (Fsp3) is 0.375. The van der Waals surface area contributed by atoms with Crippen LogP contribution in [-0.4, -0.2) is 29.6 Å². The second-order valence-corrected chi connectivity index (χ2v) is 7.01. The van der Waals surface area contributed by atoms with Crippen LogP contribution in [0, 0.1) is 14.9 Å². The van der Waals surface area contributed by atoms with E-state index in [4.69, 9.17) is 5.73 Å². The van der Waals surface area contributed by atoms with Gasteiger partial charge in [-0.3, -0.25) is 0 Å². The van der Waals surface area contributed by atoms with E-state index in [1.165, 1.54) is 42.4 Å². The average molecular weight is 431 g/mol. The Hall–Kier alpha value is -0.999. The molecule has 0 aliphatic carbocycles. The van der Waals surface area contributed by atoms with Crippen molar-refractivity contribution in [3.63, 3.8) is 0 Å². The number of fused-ring (bicyclic) bond motifs is 1. The Morgan fingerprint density at radius 1 is 1.11 bits per heavy atom. The molecule has 0 unspecified atom stereocenters. The van der Waals surface area contributed by atoms with Crippen molar-refractivity contribution < 1.29 is 21.7 Å². The minimum absolute atomic E-state index is 0. The second-order valence-electron chi connectivity index (χ2n) is 7.01. The third kappa shape index (κ3) is 14.1. The summed E-state index contributed by atoms with van der Waals surface area (Å²) >= 11 is 0. The Bertz CT molecular complexity index is 629. The predicted molar refractivity (Wildman–Crippen MR) is 129 cm³/mol. The molecule has 2 aromatic rings. The van der Waals surface area contributed by atoms with E-state index in [1.807, 2.05) is 39.8 Å². The maximum Gasteiger partial charge on any atom is 4.00 e. The number of benzene rings is 1. The maximum atomic E-state index is 6.94. The van der Waals surface area contributed by atoms with Crippen LogP contribution in [0.5, 0.6) is 0 Å². The monoisotopic (exact) mass is 430 g/mol. The van der Waals surface area contributed by atoms with E-state index >= 15 is 0 Å². The van der Waals surface area contributed by atoms with Crippen LogP contribution in [0.25, 0.3) is 16.5 Å². The first-order valence-electron chi connectivity index (χ1n) is 8.75. The summed E-state index contributed by atoms with van der Waals surface area (Å²) in [6, 6.07) is 13.1. The molecule has 2 nitrogen and oxygen atoms in total. The van der Waals surface area contributed by atoms with Crippen LogP contribution in [-0.2, 0) is 21.7 Å². The molecule has 0 bridgehead atoms. The molecule has 28 heavy (non-hydrogen) atoms. The molecule has 4 heteroatoms. The van der Waals surface area contributed by atoms with Gasteiger partial charge < -0.3 is 25.5 Å². The van der Waals surface area contributed by atoms with Crippen LogP contribution in [0.15, 0.2) is 61.2 Å². The fourth-order valence-electron chi connectivity index (χ4n) is 2.50. The van der Waals surface area contributed by atoms with E-state index in [0.29, 0.717) is 0 Å². The van der Waals surface area contributed by atoms with Gasteiger partial charge in [0.1, 0.15) is 0 Å². The zero-order chi connectivity index (χ0) is 18.0. The number of allylic oxidation sites excluding steroid dienone is 3. The van der Waals surface area contributed by atoms with E-state index in [-0.39, 0.29) is 53.1 Å². The SMILES string of the molecule is C=CC=CC.CC(C)(C)[NH-].[CH3-].[CH3-].[Si].[Ti+4].c1ccc2c(N3CCCC3)c[cH-]c2c1. The van der Waals surface area contributed by atoms with Gasteiger partial charge in [0.05, 0.1) is 0 Å². The molecule has 2 aromatic carbocycles. The van der Waals surface area contributed by atoms with Gasteiger partial charge in [-0.25, -0.2) is 0 Å². The molecule has 1 aliphatic rings. The first kappa shape index (κ1) is 34.5.